The van der Waals surface area contributed by atoms with Crippen molar-refractivity contribution in [2.45, 2.75) is 59.5 Å². The van der Waals surface area contributed by atoms with Gasteiger partial charge in [0.25, 0.3) is 0 Å². The highest BCUT2D eigenvalue weighted by Gasteiger charge is 2.22. The fourth-order valence-corrected chi connectivity index (χ4v) is 3.91. The smallest absolute Gasteiger partial charge is 0.323 e. The van der Waals surface area contributed by atoms with Crippen LogP contribution < -0.4 is 15.4 Å². The predicted octanol–water partition coefficient (Wildman–Crippen LogP) is 6.34. The topological polar surface area (TPSA) is 67.4 Å². The number of nitrogens with one attached hydrogen (secondary N) is 2. The Balaban J connectivity index is 1.99. The molecule has 0 unspecified atom stereocenters. The molecule has 0 saturated carbocycles. The van der Waals surface area contributed by atoms with Crippen LogP contribution in [0.25, 0.3) is 5.57 Å². The third kappa shape index (κ3) is 5.09. The zero-order chi connectivity index (χ0) is 21.7. The van der Waals surface area contributed by atoms with Gasteiger partial charge < -0.3 is 15.4 Å². The van der Waals surface area contributed by atoms with E-state index >= 15 is 0 Å². The summed E-state index contributed by atoms with van der Waals surface area (Å²) < 4.78 is 5.97. The first-order valence-electron chi connectivity index (χ1n) is 10.5. The summed E-state index contributed by atoms with van der Waals surface area (Å²) >= 11 is 0. The van der Waals surface area contributed by atoms with Crippen LogP contribution in [-0.2, 0) is 4.79 Å². The lowest BCUT2D eigenvalue weighted by atomic mass is 9.84. The number of amides is 2. The van der Waals surface area contributed by atoms with Gasteiger partial charge in [-0.15, -0.1) is 0 Å². The van der Waals surface area contributed by atoms with Crippen molar-refractivity contribution < 1.29 is 14.3 Å². The number of anilines is 2. The summed E-state index contributed by atoms with van der Waals surface area (Å²) in [5.74, 6) is 0.748. The maximum atomic E-state index is 12.7. The molecule has 30 heavy (non-hydrogen) atoms. The van der Waals surface area contributed by atoms with E-state index in [1.54, 1.807) is 6.92 Å². The molecule has 5 heteroatoms. The van der Waals surface area contributed by atoms with Gasteiger partial charge >= 0.3 is 6.03 Å². The summed E-state index contributed by atoms with van der Waals surface area (Å²) in [4.78, 5) is 24.9. The summed E-state index contributed by atoms with van der Waals surface area (Å²) in [7, 11) is 0. The largest absolute Gasteiger partial charge is 0.489 e. The van der Waals surface area contributed by atoms with Crippen molar-refractivity contribution in [3.05, 3.63) is 59.2 Å². The number of hydrogen-bond acceptors (Lipinski definition) is 3. The summed E-state index contributed by atoms with van der Waals surface area (Å²) in [6, 6.07) is 12.9. The zero-order valence-electron chi connectivity index (χ0n) is 18.2. The van der Waals surface area contributed by atoms with E-state index in [9.17, 15) is 9.59 Å². The number of ether oxygens (including phenoxy) is 1. The molecular formula is C25H30N2O3. The molecule has 0 aliphatic heterocycles. The lowest BCUT2D eigenvalue weighted by molar-refractivity contribution is -0.113. The molecule has 2 aromatic rings. The van der Waals surface area contributed by atoms with E-state index in [2.05, 4.69) is 10.6 Å². The summed E-state index contributed by atoms with van der Waals surface area (Å²) in [6.45, 7) is 7.52. The van der Waals surface area contributed by atoms with Gasteiger partial charge in [-0.3, -0.25) is 4.79 Å². The van der Waals surface area contributed by atoms with Crippen LogP contribution in [0.15, 0.2) is 48.0 Å². The third-order valence-corrected chi connectivity index (χ3v) is 5.28. The second-order valence-corrected chi connectivity index (χ2v) is 7.94. The highest BCUT2D eigenvalue weighted by molar-refractivity contribution is 6.04. The maximum Gasteiger partial charge on any atom is 0.323 e. The normalized spacial score (nSPS) is 13.9. The Morgan fingerprint density at radius 2 is 1.67 bits per heavy atom. The Labute approximate surface area is 178 Å². The van der Waals surface area contributed by atoms with E-state index < -0.39 is 0 Å². The van der Waals surface area contributed by atoms with Crippen LogP contribution in [-0.4, -0.2) is 17.9 Å². The summed E-state index contributed by atoms with van der Waals surface area (Å²) in [6.07, 6.45) is 3.75. The van der Waals surface area contributed by atoms with E-state index in [1.807, 2.05) is 63.2 Å². The van der Waals surface area contributed by atoms with Gasteiger partial charge in [-0.05, 0) is 93.9 Å². The van der Waals surface area contributed by atoms with Gasteiger partial charge in [0.2, 0.25) is 0 Å². The number of hydrogen-bond donors (Lipinski definition) is 2. The van der Waals surface area contributed by atoms with E-state index in [1.165, 1.54) is 0 Å². The Hall–Kier alpha value is -3.08. The Kier molecular flexibility index (Phi) is 6.93. The quantitative estimate of drug-likeness (QED) is 0.588. The van der Waals surface area contributed by atoms with Crippen molar-refractivity contribution in [1.29, 1.82) is 0 Å². The van der Waals surface area contributed by atoms with Crippen LogP contribution in [0.5, 0.6) is 5.75 Å². The monoisotopic (exact) mass is 406 g/mol. The molecule has 1 aliphatic carbocycles. The summed E-state index contributed by atoms with van der Waals surface area (Å²) in [5, 5.41) is 5.83. The van der Waals surface area contributed by atoms with Gasteiger partial charge in [0.15, 0.2) is 5.78 Å². The van der Waals surface area contributed by atoms with Crippen molar-refractivity contribution >= 4 is 28.8 Å². The fourth-order valence-electron chi connectivity index (χ4n) is 3.91. The Morgan fingerprint density at radius 1 is 0.967 bits per heavy atom. The van der Waals surface area contributed by atoms with Crippen molar-refractivity contribution in [2.24, 2.45) is 0 Å². The minimum atomic E-state index is -0.334. The zero-order valence-corrected chi connectivity index (χ0v) is 18.2. The minimum absolute atomic E-state index is 0.0327. The van der Waals surface area contributed by atoms with E-state index in [-0.39, 0.29) is 17.9 Å². The number of ketones is 1. The number of carbonyl (C=O) groups excluding carboxylic acids is 2. The minimum Gasteiger partial charge on any atom is -0.489 e. The molecule has 2 aromatic carbocycles. The van der Waals surface area contributed by atoms with E-state index in [0.29, 0.717) is 17.1 Å². The van der Waals surface area contributed by atoms with Gasteiger partial charge in [0.1, 0.15) is 5.75 Å². The molecule has 0 aromatic heterocycles. The van der Waals surface area contributed by atoms with Gasteiger partial charge in [0, 0.05) is 5.69 Å². The molecule has 158 valence electrons. The Morgan fingerprint density at radius 3 is 2.33 bits per heavy atom. The van der Waals surface area contributed by atoms with Crippen LogP contribution in [0.4, 0.5) is 16.2 Å². The average Bonchev–Trinajstić information content (AvgIpc) is 2.71. The van der Waals surface area contributed by atoms with Gasteiger partial charge in [-0.2, -0.15) is 0 Å². The van der Waals surface area contributed by atoms with Crippen molar-refractivity contribution in [1.82, 2.24) is 0 Å². The maximum absolute atomic E-state index is 12.7. The van der Waals surface area contributed by atoms with Gasteiger partial charge in [-0.25, -0.2) is 4.79 Å². The second kappa shape index (κ2) is 9.61. The van der Waals surface area contributed by atoms with Crippen LogP contribution in [0.2, 0.25) is 0 Å². The first-order chi connectivity index (χ1) is 14.4. The third-order valence-electron chi connectivity index (χ3n) is 5.28. The second-order valence-electron chi connectivity index (χ2n) is 7.94. The number of allylic oxidation sites excluding steroid dienone is 2. The van der Waals surface area contributed by atoms with Crippen molar-refractivity contribution in [3.8, 4) is 5.75 Å². The number of para-hydroxylation sites is 1. The van der Waals surface area contributed by atoms with Crippen LogP contribution >= 0.6 is 0 Å². The molecule has 2 N–H and O–H groups in total. The first kappa shape index (κ1) is 21.6. The molecule has 0 spiro atoms. The van der Waals surface area contributed by atoms with Crippen molar-refractivity contribution in [2.75, 3.05) is 10.6 Å². The molecule has 0 heterocycles. The highest BCUT2D eigenvalue weighted by atomic mass is 16.5. The van der Waals surface area contributed by atoms with E-state index in [0.717, 1.165) is 48.0 Å². The standard InChI is InChI=1S/C25H30N2O3/c1-16(2)30-23-15-14-20(22-13-9-8-12-21(22)18(4)28)17(3)24(23)27-25(29)26-19-10-6-5-7-11-19/h5-7,10-11,14-16H,8-9,12-13H2,1-4H3,(H2,26,27,29). The number of Topliss-reactive ketones (excluding diaryl/α,β-unsaturated/α-hetero) is 1. The molecule has 0 atom stereocenters. The molecule has 0 radical (unpaired) electrons. The highest BCUT2D eigenvalue weighted by Crippen LogP contribution is 2.40. The molecule has 0 fully saturated rings. The SMILES string of the molecule is CC(=O)C1=C(c2ccc(OC(C)C)c(NC(=O)Nc3ccccc3)c2C)CCCC1. The molecular weight excluding hydrogens is 376 g/mol. The lowest BCUT2D eigenvalue weighted by Crippen LogP contribution is -2.21. The number of benzene rings is 2. The first-order valence-corrected chi connectivity index (χ1v) is 10.5. The Bertz CT molecular complexity index is 962. The molecule has 3 rings (SSSR count). The van der Waals surface area contributed by atoms with Gasteiger partial charge in [0.05, 0.1) is 11.8 Å². The van der Waals surface area contributed by atoms with Crippen molar-refractivity contribution in [3.63, 3.8) is 0 Å². The van der Waals surface area contributed by atoms with Crippen LogP contribution in [0.3, 0.4) is 0 Å². The van der Waals surface area contributed by atoms with Crippen LogP contribution in [0, 0.1) is 6.92 Å². The number of urea groups is 1. The van der Waals surface area contributed by atoms with E-state index in [4.69, 9.17) is 4.74 Å². The molecule has 2 amide bonds. The average molecular weight is 407 g/mol. The molecule has 0 saturated heterocycles. The molecule has 1 aliphatic rings. The molecule has 0 bridgehead atoms. The number of rotatable bonds is 6. The fraction of sp³-hybridized carbons (Fsp3) is 0.360. The van der Waals surface area contributed by atoms with Gasteiger partial charge in [-0.1, -0.05) is 24.3 Å². The predicted molar refractivity (Wildman–Crippen MR) is 122 cm³/mol. The number of carbonyl (C=O) groups is 2. The van der Waals surface area contributed by atoms with Crippen LogP contribution in [0.1, 0.15) is 57.6 Å². The molecule has 5 nitrogen and oxygen atoms in total. The lowest BCUT2D eigenvalue weighted by Gasteiger charge is -2.24. The summed E-state index contributed by atoms with van der Waals surface area (Å²) in [5.41, 5.74) is 5.26.